The van der Waals surface area contributed by atoms with E-state index < -0.39 is 15.9 Å². The van der Waals surface area contributed by atoms with Crippen LogP contribution in [-0.4, -0.2) is 27.9 Å². The third kappa shape index (κ3) is 3.60. The maximum Gasteiger partial charge on any atom is 0.242 e. The first-order chi connectivity index (χ1) is 8.36. The molecule has 0 saturated heterocycles. The van der Waals surface area contributed by atoms with E-state index in [1.165, 1.54) is 19.2 Å². The summed E-state index contributed by atoms with van der Waals surface area (Å²) in [6, 6.07) is 4.46. The van der Waals surface area contributed by atoms with Gasteiger partial charge in [0, 0.05) is 18.7 Å². The second kappa shape index (κ2) is 5.69. The molecule has 0 atom stereocenters. The van der Waals surface area contributed by atoms with Gasteiger partial charge in [0.1, 0.15) is 4.90 Å². The molecule has 0 aromatic heterocycles. The number of sulfonamides is 1. The van der Waals surface area contributed by atoms with E-state index in [0.29, 0.717) is 12.2 Å². The highest BCUT2D eigenvalue weighted by Crippen LogP contribution is 2.22. The van der Waals surface area contributed by atoms with Crippen LogP contribution in [0.5, 0.6) is 0 Å². The van der Waals surface area contributed by atoms with Gasteiger partial charge in [0.2, 0.25) is 15.9 Å². The quantitative estimate of drug-likeness (QED) is 0.517. The lowest BCUT2D eigenvalue weighted by Crippen LogP contribution is -2.20. The van der Waals surface area contributed by atoms with Crippen molar-refractivity contribution in [2.45, 2.75) is 11.3 Å². The molecule has 1 rings (SSSR count). The summed E-state index contributed by atoms with van der Waals surface area (Å²) in [6.45, 7) is 0.368. The number of nitrogens with two attached hydrogens (primary N) is 2. The lowest BCUT2D eigenvalue weighted by molar-refractivity contribution is -0.117. The fourth-order valence-electron chi connectivity index (χ4n) is 1.34. The predicted molar refractivity (Wildman–Crippen MR) is 69.4 cm³/mol. The summed E-state index contributed by atoms with van der Waals surface area (Å²) in [7, 11) is -2.24. The molecule has 0 aliphatic rings. The van der Waals surface area contributed by atoms with Gasteiger partial charge in [-0.3, -0.25) is 4.79 Å². The first-order valence-electron chi connectivity index (χ1n) is 5.22. The minimum Gasteiger partial charge on any atom is -0.398 e. The van der Waals surface area contributed by atoms with Gasteiger partial charge in [0.25, 0.3) is 0 Å². The largest absolute Gasteiger partial charge is 0.398 e. The highest BCUT2D eigenvalue weighted by Gasteiger charge is 2.15. The van der Waals surface area contributed by atoms with Crippen LogP contribution in [0.25, 0.3) is 0 Å². The van der Waals surface area contributed by atoms with Crippen LogP contribution in [-0.2, 0) is 14.8 Å². The summed E-state index contributed by atoms with van der Waals surface area (Å²) < 4.78 is 25.3. The van der Waals surface area contributed by atoms with Crippen molar-refractivity contribution in [3.63, 3.8) is 0 Å². The summed E-state index contributed by atoms with van der Waals surface area (Å²) in [6.07, 6.45) is 0.191. The topological polar surface area (TPSA) is 127 Å². The molecule has 1 aromatic carbocycles. The lowest BCUT2D eigenvalue weighted by Gasteiger charge is -2.09. The standard InChI is InChI=1S/C10H16N4O3S/c1-13-18(16,17)9-3-2-7(6-8(9)11)14-5-4-10(12)15/h2-3,6,13-14H,4-5,11H2,1H3,(H2,12,15). The lowest BCUT2D eigenvalue weighted by atomic mass is 10.2. The summed E-state index contributed by atoms with van der Waals surface area (Å²) >= 11 is 0. The van der Waals surface area contributed by atoms with Gasteiger partial charge < -0.3 is 16.8 Å². The molecule has 1 aromatic rings. The molecule has 7 nitrogen and oxygen atoms in total. The van der Waals surface area contributed by atoms with Crippen molar-refractivity contribution in [1.82, 2.24) is 4.72 Å². The third-order valence-electron chi connectivity index (χ3n) is 2.27. The molecule has 0 bridgehead atoms. The van der Waals surface area contributed by atoms with Crippen LogP contribution in [0.3, 0.4) is 0 Å². The molecule has 8 heteroatoms. The Morgan fingerprint density at radius 1 is 1.39 bits per heavy atom. The van der Waals surface area contributed by atoms with Crippen LogP contribution in [0.2, 0.25) is 0 Å². The smallest absolute Gasteiger partial charge is 0.242 e. The molecule has 0 radical (unpaired) electrons. The van der Waals surface area contributed by atoms with E-state index in [1.54, 1.807) is 6.07 Å². The number of nitrogen functional groups attached to an aromatic ring is 1. The number of nitrogens with one attached hydrogen (secondary N) is 2. The van der Waals surface area contributed by atoms with Crippen molar-refractivity contribution in [1.29, 1.82) is 0 Å². The fourth-order valence-corrected chi connectivity index (χ4v) is 2.18. The molecule has 0 aliphatic carbocycles. The highest BCUT2D eigenvalue weighted by atomic mass is 32.2. The van der Waals surface area contributed by atoms with E-state index in [9.17, 15) is 13.2 Å². The van der Waals surface area contributed by atoms with Crippen LogP contribution in [0, 0.1) is 0 Å². The van der Waals surface area contributed by atoms with E-state index in [4.69, 9.17) is 11.5 Å². The highest BCUT2D eigenvalue weighted by molar-refractivity contribution is 7.89. The fraction of sp³-hybridized carbons (Fsp3) is 0.300. The second-order valence-electron chi connectivity index (χ2n) is 3.60. The molecule has 0 saturated carbocycles. The van der Waals surface area contributed by atoms with Crippen molar-refractivity contribution in [3.8, 4) is 0 Å². The van der Waals surface area contributed by atoms with Crippen molar-refractivity contribution in [3.05, 3.63) is 18.2 Å². The Balaban J connectivity index is 2.83. The first-order valence-corrected chi connectivity index (χ1v) is 6.70. The van der Waals surface area contributed by atoms with E-state index in [2.05, 4.69) is 10.0 Å². The second-order valence-corrected chi connectivity index (χ2v) is 5.46. The van der Waals surface area contributed by atoms with E-state index >= 15 is 0 Å². The van der Waals surface area contributed by atoms with Crippen molar-refractivity contribution in [2.24, 2.45) is 5.73 Å². The normalized spacial score (nSPS) is 11.2. The third-order valence-corrected chi connectivity index (χ3v) is 3.76. The summed E-state index contributed by atoms with van der Waals surface area (Å²) in [4.78, 5) is 10.6. The van der Waals surface area contributed by atoms with Crippen molar-refractivity contribution in [2.75, 3.05) is 24.6 Å². The van der Waals surface area contributed by atoms with E-state index in [0.717, 1.165) is 0 Å². The summed E-state index contributed by atoms with van der Waals surface area (Å²) in [5, 5.41) is 2.92. The van der Waals surface area contributed by atoms with Gasteiger partial charge in [0.15, 0.2) is 0 Å². The monoisotopic (exact) mass is 272 g/mol. The Labute approximate surface area is 106 Å². The van der Waals surface area contributed by atoms with Gasteiger partial charge in [0.05, 0.1) is 5.69 Å². The Bertz CT molecular complexity index is 542. The predicted octanol–water partition coefficient (Wildman–Crippen LogP) is -0.536. The average Bonchev–Trinajstić information content (AvgIpc) is 2.28. The molecule has 0 unspecified atom stereocenters. The van der Waals surface area contributed by atoms with Gasteiger partial charge in [-0.1, -0.05) is 0 Å². The van der Waals surface area contributed by atoms with Gasteiger partial charge in [-0.25, -0.2) is 13.1 Å². The van der Waals surface area contributed by atoms with Gasteiger partial charge in [-0.05, 0) is 25.2 Å². The van der Waals surface area contributed by atoms with Crippen LogP contribution in [0.15, 0.2) is 23.1 Å². The number of carbonyl (C=O) groups excluding carboxylic acids is 1. The summed E-state index contributed by atoms with van der Waals surface area (Å²) in [5.41, 5.74) is 11.4. The molecule has 0 spiro atoms. The van der Waals surface area contributed by atoms with Gasteiger partial charge in [-0.15, -0.1) is 0 Å². The number of primary amides is 1. The molecular formula is C10H16N4O3S. The minimum absolute atomic E-state index is 0.0189. The number of rotatable bonds is 6. The Morgan fingerprint density at radius 2 is 2.06 bits per heavy atom. The van der Waals surface area contributed by atoms with Crippen LogP contribution in [0.4, 0.5) is 11.4 Å². The number of hydrogen-bond acceptors (Lipinski definition) is 5. The van der Waals surface area contributed by atoms with Crippen LogP contribution >= 0.6 is 0 Å². The number of anilines is 2. The molecule has 1 amide bonds. The molecule has 0 fully saturated rings. The van der Waals surface area contributed by atoms with E-state index in [1.807, 2.05) is 0 Å². The minimum atomic E-state index is -3.56. The number of carbonyl (C=O) groups is 1. The zero-order valence-corrected chi connectivity index (χ0v) is 10.8. The Morgan fingerprint density at radius 3 is 2.56 bits per heavy atom. The molecule has 0 heterocycles. The average molecular weight is 272 g/mol. The summed E-state index contributed by atoms with van der Waals surface area (Å²) in [5.74, 6) is -0.412. The van der Waals surface area contributed by atoms with Crippen LogP contribution in [0.1, 0.15) is 6.42 Å². The zero-order valence-electron chi connectivity index (χ0n) is 9.93. The van der Waals surface area contributed by atoms with Gasteiger partial charge >= 0.3 is 0 Å². The van der Waals surface area contributed by atoms with Crippen LogP contribution < -0.4 is 21.5 Å². The zero-order chi connectivity index (χ0) is 13.8. The molecule has 6 N–H and O–H groups in total. The SMILES string of the molecule is CNS(=O)(=O)c1ccc(NCCC(N)=O)cc1N. The molecule has 100 valence electrons. The number of benzene rings is 1. The van der Waals surface area contributed by atoms with Crippen molar-refractivity contribution >= 4 is 27.3 Å². The maximum atomic E-state index is 11.6. The number of hydrogen-bond donors (Lipinski definition) is 4. The molecule has 0 aliphatic heterocycles. The maximum absolute atomic E-state index is 11.6. The van der Waals surface area contributed by atoms with E-state index in [-0.39, 0.29) is 17.0 Å². The first kappa shape index (κ1) is 14.3. The Hall–Kier alpha value is -1.80. The van der Waals surface area contributed by atoms with Crippen molar-refractivity contribution < 1.29 is 13.2 Å². The Kier molecular flexibility index (Phi) is 4.51. The number of amides is 1. The molecular weight excluding hydrogens is 256 g/mol. The van der Waals surface area contributed by atoms with Gasteiger partial charge in [-0.2, -0.15) is 0 Å². The molecule has 18 heavy (non-hydrogen) atoms.